The monoisotopic (exact) mass is 294 g/mol. The Bertz CT molecular complexity index is 546. The summed E-state index contributed by atoms with van der Waals surface area (Å²) in [6, 6.07) is 2.00. The van der Waals surface area contributed by atoms with Crippen LogP contribution in [0.1, 0.15) is 12.8 Å². The Morgan fingerprint density at radius 3 is 2.95 bits per heavy atom. The average molecular weight is 294 g/mol. The zero-order valence-corrected chi connectivity index (χ0v) is 11.9. The van der Waals surface area contributed by atoms with Crippen molar-refractivity contribution in [2.24, 2.45) is 5.92 Å². The number of aromatic nitrogens is 2. The number of amides is 1. The molecule has 7 heteroatoms. The second-order valence-electron chi connectivity index (χ2n) is 4.44. The van der Waals surface area contributed by atoms with Crippen molar-refractivity contribution < 1.29 is 4.79 Å². The quantitative estimate of drug-likeness (QED) is 0.911. The molecule has 1 aliphatic rings. The maximum absolute atomic E-state index is 12.1. The first-order valence-electron chi connectivity index (χ1n) is 6.20. The Kier molecular flexibility index (Phi) is 3.86. The molecule has 0 unspecified atom stereocenters. The van der Waals surface area contributed by atoms with Crippen LogP contribution in [0, 0.1) is 5.92 Å². The number of carbonyl (C=O) groups excluding carboxylic acids is 1. The number of nitrogens with one attached hydrogen (secondary N) is 2. The van der Waals surface area contributed by atoms with Crippen LogP contribution in [0.3, 0.4) is 0 Å². The van der Waals surface area contributed by atoms with E-state index in [0.717, 1.165) is 36.5 Å². The van der Waals surface area contributed by atoms with Crippen molar-refractivity contribution in [3.63, 3.8) is 0 Å². The van der Waals surface area contributed by atoms with Gasteiger partial charge in [0.15, 0.2) is 0 Å². The van der Waals surface area contributed by atoms with Gasteiger partial charge in [-0.2, -0.15) is 11.3 Å². The van der Waals surface area contributed by atoms with Crippen molar-refractivity contribution in [2.75, 3.05) is 18.4 Å². The van der Waals surface area contributed by atoms with Gasteiger partial charge in [0.05, 0.1) is 0 Å². The molecule has 1 fully saturated rings. The van der Waals surface area contributed by atoms with Gasteiger partial charge in [0.1, 0.15) is 5.01 Å². The van der Waals surface area contributed by atoms with Crippen LogP contribution in [-0.2, 0) is 4.79 Å². The highest BCUT2D eigenvalue weighted by Crippen LogP contribution is 2.28. The van der Waals surface area contributed by atoms with Crippen molar-refractivity contribution in [1.82, 2.24) is 15.5 Å². The Labute approximate surface area is 119 Å². The molecule has 3 rings (SSSR count). The molecule has 0 aliphatic carbocycles. The first-order valence-corrected chi connectivity index (χ1v) is 7.96. The van der Waals surface area contributed by atoms with Crippen LogP contribution in [0.25, 0.3) is 10.6 Å². The van der Waals surface area contributed by atoms with E-state index in [4.69, 9.17) is 0 Å². The third-order valence-corrected chi connectivity index (χ3v) is 4.70. The molecule has 1 saturated heterocycles. The van der Waals surface area contributed by atoms with Gasteiger partial charge in [-0.3, -0.25) is 4.79 Å². The minimum Gasteiger partial charge on any atom is -0.317 e. The van der Waals surface area contributed by atoms with E-state index >= 15 is 0 Å². The van der Waals surface area contributed by atoms with Gasteiger partial charge in [0.2, 0.25) is 11.0 Å². The summed E-state index contributed by atoms with van der Waals surface area (Å²) in [5.74, 6) is 0.157. The van der Waals surface area contributed by atoms with Crippen LogP contribution in [0.5, 0.6) is 0 Å². The number of thiophene rings is 1. The van der Waals surface area contributed by atoms with Crippen LogP contribution in [0.2, 0.25) is 0 Å². The fourth-order valence-electron chi connectivity index (χ4n) is 2.07. The van der Waals surface area contributed by atoms with Crippen molar-refractivity contribution in [1.29, 1.82) is 0 Å². The van der Waals surface area contributed by atoms with E-state index < -0.39 is 0 Å². The SMILES string of the molecule is O=C(Nc1nnc(-c2ccsc2)s1)C1CCNCC1. The number of carbonyl (C=O) groups is 1. The van der Waals surface area contributed by atoms with Crippen LogP contribution in [-0.4, -0.2) is 29.2 Å². The molecule has 0 atom stereocenters. The number of nitrogens with zero attached hydrogens (tertiary/aromatic N) is 2. The molecule has 1 aliphatic heterocycles. The summed E-state index contributed by atoms with van der Waals surface area (Å²) in [6.45, 7) is 1.82. The zero-order chi connectivity index (χ0) is 13.1. The molecule has 2 aromatic rings. The Morgan fingerprint density at radius 2 is 2.21 bits per heavy atom. The minimum atomic E-state index is 0.0644. The van der Waals surface area contributed by atoms with E-state index in [1.165, 1.54) is 11.3 Å². The average Bonchev–Trinajstić information content (AvgIpc) is 3.10. The first kappa shape index (κ1) is 12.7. The Balaban J connectivity index is 1.65. The smallest absolute Gasteiger partial charge is 0.229 e. The molecule has 0 spiro atoms. The predicted octanol–water partition coefficient (Wildman–Crippen LogP) is 2.20. The molecule has 0 saturated carbocycles. The largest absolute Gasteiger partial charge is 0.317 e. The van der Waals surface area contributed by atoms with Crippen LogP contribution in [0.4, 0.5) is 5.13 Å². The van der Waals surface area contributed by atoms with Crippen molar-refractivity contribution >= 4 is 33.7 Å². The van der Waals surface area contributed by atoms with Gasteiger partial charge in [-0.15, -0.1) is 10.2 Å². The molecule has 5 nitrogen and oxygen atoms in total. The Hall–Kier alpha value is -1.31. The maximum atomic E-state index is 12.1. The van der Waals surface area contributed by atoms with E-state index in [1.807, 2.05) is 16.8 Å². The second-order valence-corrected chi connectivity index (χ2v) is 6.20. The van der Waals surface area contributed by atoms with Crippen LogP contribution < -0.4 is 10.6 Å². The molecule has 0 bridgehead atoms. The number of rotatable bonds is 3. The molecule has 1 amide bonds. The van der Waals surface area contributed by atoms with E-state index in [2.05, 4.69) is 20.8 Å². The summed E-state index contributed by atoms with van der Waals surface area (Å²) in [5.41, 5.74) is 1.06. The summed E-state index contributed by atoms with van der Waals surface area (Å²) >= 11 is 3.04. The van der Waals surface area contributed by atoms with Crippen molar-refractivity contribution in [3.05, 3.63) is 16.8 Å². The highest BCUT2D eigenvalue weighted by Gasteiger charge is 2.22. The maximum Gasteiger partial charge on any atom is 0.229 e. The molecule has 100 valence electrons. The normalized spacial score (nSPS) is 16.4. The third-order valence-electron chi connectivity index (χ3n) is 3.13. The topological polar surface area (TPSA) is 66.9 Å². The summed E-state index contributed by atoms with van der Waals surface area (Å²) in [5, 5.41) is 19.7. The minimum absolute atomic E-state index is 0.0644. The van der Waals surface area contributed by atoms with E-state index in [1.54, 1.807) is 11.3 Å². The van der Waals surface area contributed by atoms with Gasteiger partial charge in [-0.1, -0.05) is 11.3 Å². The lowest BCUT2D eigenvalue weighted by atomic mass is 9.97. The molecular weight excluding hydrogens is 280 g/mol. The second kappa shape index (κ2) is 5.77. The lowest BCUT2D eigenvalue weighted by molar-refractivity contribution is -0.120. The standard InChI is InChI=1S/C12H14N4OS2/c17-10(8-1-4-13-5-2-8)14-12-16-15-11(19-12)9-3-6-18-7-9/h3,6-8,13H,1-2,4-5H2,(H,14,16,17). The number of hydrogen-bond donors (Lipinski definition) is 2. The highest BCUT2D eigenvalue weighted by molar-refractivity contribution is 7.19. The van der Waals surface area contributed by atoms with Crippen molar-refractivity contribution in [2.45, 2.75) is 12.8 Å². The van der Waals surface area contributed by atoms with Gasteiger partial charge >= 0.3 is 0 Å². The first-order chi connectivity index (χ1) is 9.33. The van der Waals surface area contributed by atoms with E-state index in [9.17, 15) is 4.79 Å². The van der Waals surface area contributed by atoms with Gasteiger partial charge in [0.25, 0.3) is 0 Å². The Morgan fingerprint density at radius 1 is 1.37 bits per heavy atom. The molecule has 3 heterocycles. The summed E-state index contributed by atoms with van der Waals surface area (Å²) in [7, 11) is 0. The zero-order valence-electron chi connectivity index (χ0n) is 10.3. The fraction of sp³-hybridized carbons (Fsp3) is 0.417. The van der Waals surface area contributed by atoms with Crippen LogP contribution in [0.15, 0.2) is 16.8 Å². The molecular formula is C12H14N4OS2. The molecule has 0 radical (unpaired) electrons. The van der Waals surface area contributed by atoms with Crippen LogP contribution >= 0.6 is 22.7 Å². The predicted molar refractivity (Wildman–Crippen MR) is 77.4 cm³/mol. The summed E-state index contributed by atoms with van der Waals surface area (Å²) in [6.07, 6.45) is 1.78. The van der Waals surface area contributed by atoms with E-state index in [0.29, 0.717) is 5.13 Å². The number of anilines is 1. The lowest BCUT2D eigenvalue weighted by Gasteiger charge is -2.20. The molecule has 19 heavy (non-hydrogen) atoms. The van der Waals surface area contributed by atoms with Gasteiger partial charge in [0, 0.05) is 16.9 Å². The van der Waals surface area contributed by atoms with Gasteiger partial charge in [-0.25, -0.2) is 0 Å². The van der Waals surface area contributed by atoms with Gasteiger partial charge in [-0.05, 0) is 37.4 Å². The molecule has 2 aromatic heterocycles. The molecule has 0 aromatic carbocycles. The highest BCUT2D eigenvalue weighted by atomic mass is 32.1. The summed E-state index contributed by atoms with van der Waals surface area (Å²) in [4.78, 5) is 12.1. The van der Waals surface area contributed by atoms with Gasteiger partial charge < -0.3 is 10.6 Å². The van der Waals surface area contributed by atoms with E-state index in [-0.39, 0.29) is 11.8 Å². The number of hydrogen-bond acceptors (Lipinski definition) is 6. The number of piperidine rings is 1. The fourth-order valence-corrected chi connectivity index (χ4v) is 3.53. The third kappa shape index (κ3) is 2.99. The summed E-state index contributed by atoms with van der Waals surface area (Å²) < 4.78 is 0. The lowest BCUT2D eigenvalue weighted by Crippen LogP contribution is -2.34. The van der Waals surface area contributed by atoms with Crippen molar-refractivity contribution in [3.8, 4) is 10.6 Å². The molecule has 2 N–H and O–H groups in total.